The Bertz CT molecular complexity index is 1440. The van der Waals surface area contributed by atoms with Crippen molar-refractivity contribution >= 4 is 28.3 Å². The summed E-state index contributed by atoms with van der Waals surface area (Å²) < 4.78 is 14.7. The van der Waals surface area contributed by atoms with Crippen LogP contribution >= 0.6 is 0 Å². The van der Waals surface area contributed by atoms with Gasteiger partial charge in [-0.1, -0.05) is 39.0 Å². The number of anilines is 2. The van der Waals surface area contributed by atoms with E-state index < -0.39 is 11.7 Å². The van der Waals surface area contributed by atoms with Gasteiger partial charge in [0.15, 0.2) is 5.82 Å². The molecule has 166 valence electrons. The third-order valence-electron chi connectivity index (χ3n) is 5.80. The third-order valence-corrected chi connectivity index (χ3v) is 5.80. The molecule has 0 saturated carbocycles. The number of nitrogen functional groups attached to an aromatic ring is 1. The molecule has 7 heteroatoms. The predicted octanol–water partition coefficient (Wildman–Crippen LogP) is 5.68. The Kier molecular flexibility index (Phi) is 5.38. The largest absolute Gasteiger partial charge is 0.382 e. The lowest BCUT2D eigenvalue weighted by atomic mass is 9.86. The summed E-state index contributed by atoms with van der Waals surface area (Å²) in [6.07, 6.45) is 0. The van der Waals surface area contributed by atoms with E-state index in [9.17, 15) is 14.4 Å². The molecule has 0 aliphatic heterocycles. The molecule has 0 aliphatic rings. The SMILES string of the molecule is Cc1c(NC(=O)c2ccc(C(C)(C)C)cc2F)cccc1-c1cc(C#N)c2[nH]nc(N)c2c1. The van der Waals surface area contributed by atoms with Crippen molar-refractivity contribution in [2.75, 3.05) is 11.1 Å². The average molecular weight is 442 g/mol. The van der Waals surface area contributed by atoms with Gasteiger partial charge in [-0.05, 0) is 64.9 Å². The molecule has 0 bridgehead atoms. The van der Waals surface area contributed by atoms with Crippen molar-refractivity contribution in [2.24, 2.45) is 0 Å². The lowest BCUT2D eigenvalue weighted by molar-refractivity contribution is 0.102. The number of rotatable bonds is 3. The van der Waals surface area contributed by atoms with E-state index in [-0.39, 0.29) is 11.0 Å². The topological polar surface area (TPSA) is 108 Å². The van der Waals surface area contributed by atoms with Crippen molar-refractivity contribution in [2.45, 2.75) is 33.1 Å². The molecule has 0 radical (unpaired) electrons. The first-order chi connectivity index (χ1) is 15.6. The van der Waals surface area contributed by atoms with E-state index in [1.807, 2.05) is 39.8 Å². The molecule has 0 aliphatic carbocycles. The lowest BCUT2D eigenvalue weighted by Gasteiger charge is -2.19. The van der Waals surface area contributed by atoms with Crippen LogP contribution in [0.25, 0.3) is 22.0 Å². The number of hydrogen-bond donors (Lipinski definition) is 3. The van der Waals surface area contributed by atoms with E-state index in [0.717, 1.165) is 22.3 Å². The molecule has 4 aromatic rings. The molecule has 0 saturated heterocycles. The molecule has 1 amide bonds. The van der Waals surface area contributed by atoms with Crippen LogP contribution in [0.3, 0.4) is 0 Å². The van der Waals surface area contributed by atoms with Crippen molar-refractivity contribution in [1.82, 2.24) is 10.2 Å². The van der Waals surface area contributed by atoms with Gasteiger partial charge in [-0.25, -0.2) is 4.39 Å². The zero-order valence-electron chi connectivity index (χ0n) is 18.9. The molecule has 1 heterocycles. The zero-order valence-corrected chi connectivity index (χ0v) is 18.9. The van der Waals surface area contributed by atoms with Gasteiger partial charge in [0.25, 0.3) is 5.91 Å². The number of aromatic amines is 1. The Morgan fingerprint density at radius 3 is 2.61 bits per heavy atom. The van der Waals surface area contributed by atoms with Crippen molar-refractivity contribution in [1.29, 1.82) is 5.26 Å². The fraction of sp³-hybridized carbons (Fsp3) is 0.192. The summed E-state index contributed by atoms with van der Waals surface area (Å²) >= 11 is 0. The molecule has 33 heavy (non-hydrogen) atoms. The maximum absolute atomic E-state index is 14.7. The Balaban J connectivity index is 1.70. The van der Waals surface area contributed by atoms with E-state index in [2.05, 4.69) is 21.6 Å². The van der Waals surface area contributed by atoms with Crippen LogP contribution in [-0.4, -0.2) is 16.1 Å². The summed E-state index contributed by atoms with van der Waals surface area (Å²) in [5.41, 5.74) is 10.4. The van der Waals surface area contributed by atoms with Crippen molar-refractivity contribution < 1.29 is 9.18 Å². The van der Waals surface area contributed by atoms with Gasteiger partial charge in [0.05, 0.1) is 16.6 Å². The predicted molar refractivity (Wildman–Crippen MR) is 128 cm³/mol. The number of halogens is 1. The first kappa shape index (κ1) is 22.0. The fourth-order valence-corrected chi connectivity index (χ4v) is 3.82. The van der Waals surface area contributed by atoms with Crippen LogP contribution in [0.1, 0.15) is 47.8 Å². The minimum atomic E-state index is -0.562. The summed E-state index contributed by atoms with van der Waals surface area (Å²) in [7, 11) is 0. The van der Waals surface area contributed by atoms with Crippen molar-refractivity contribution in [3.8, 4) is 17.2 Å². The van der Waals surface area contributed by atoms with E-state index in [0.29, 0.717) is 28.0 Å². The van der Waals surface area contributed by atoms with Crippen LogP contribution in [0.4, 0.5) is 15.9 Å². The number of amides is 1. The van der Waals surface area contributed by atoms with E-state index in [1.54, 1.807) is 24.3 Å². The maximum atomic E-state index is 14.7. The Morgan fingerprint density at radius 1 is 1.18 bits per heavy atom. The van der Waals surface area contributed by atoms with Gasteiger partial charge >= 0.3 is 0 Å². The van der Waals surface area contributed by atoms with E-state index in [4.69, 9.17) is 5.73 Å². The standard InChI is InChI=1S/C26H24FN5O/c1-14-18(15-10-16(13-28)23-20(11-15)24(29)32-31-23)6-5-7-22(14)30-25(33)19-9-8-17(12-21(19)27)26(2,3)4/h5-12H,1-4H3,(H,30,33)(H3,29,31,32). The Labute approximate surface area is 191 Å². The third kappa shape index (κ3) is 4.03. The second kappa shape index (κ2) is 8.06. The molecule has 3 aromatic carbocycles. The molecule has 4 rings (SSSR count). The number of nitrogens with zero attached hydrogens (tertiary/aromatic N) is 2. The maximum Gasteiger partial charge on any atom is 0.258 e. The van der Waals surface area contributed by atoms with Gasteiger partial charge in [0, 0.05) is 11.1 Å². The first-order valence-electron chi connectivity index (χ1n) is 10.5. The number of nitrogens with two attached hydrogens (primary N) is 1. The average Bonchev–Trinajstić information content (AvgIpc) is 3.14. The second-order valence-electron chi connectivity index (χ2n) is 9.04. The lowest BCUT2D eigenvalue weighted by Crippen LogP contribution is -2.17. The van der Waals surface area contributed by atoms with Crippen molar-refractivity contribution in [3.05, 3.63) is 76.6 Å². The number of carbonyl (C=O) groups excluding carboxylic acids is 1. The Hall–Kier alpha value is -4.18. The van der Waals surface area contributed by atoms with Crippen LogP contribution < -0.4 is 11.1 Å². The molecule has 0 atom stereocenters. The number of H-pyrrole nitrogens is 1. The highest BCUT2D eigenvalue weighted by Crippen LogP contribution is 2.34. The molecule has 0 unspecified atom stereocenters. The van der Waals surface area contributed by atoms with E-state index in [1.165, 1.54) is 12.1 Å². The van der Waals surface area contributed by atoms with Crippen LogP contribution in [0.15, 0.2) is 48.5 Å². The molecule has 0 spiro atoms. The molecule has 0 fully saturated rings. The highest BCUT2D eigenvalue weighted by atomic mass is 19.1. The van der Waals surface area contributed by atoms with Crippen molar-refractivity contribution in [3.63, 3.8) is 0 Å². The highest BCUT2D eigenvalue weighted by Gasteiger charge is 2.19. The molecular formula is C26H24FN5O. The van der Waals surface area contributed by atoms with Crippen LogP contribution in [0.5, 0.6) is 0 Å². The van der Waals surface area contributed by atoms with Crippen LogP contribution in [-0.2, 0) is 5.41 Å². The molecule has 1 aromatic heterocycles. The fourth-order valence-electron chi connectivity index (χ4n) is 3.82. The minimum absolute atomic E-state index is 0.0211. The summed E-state index contributed by atoms with van der Waals surface area (Å²) in [5, 5.41) is 19.8. The number of hydrogen-bond acceptors (Lipinski definition) is 4. The van der Waals surface area contributed by atoms with Gasteiger partial charge in [-0.15, -0.1) is 0 Å². The molecule has 4 N–H and O–H groups in total. The number of nitriles is 1. The summed E-state index contributed by atoms with van der Waals surface area (Å²) in [6.45, 7) is 7.83. The number of nitrogens with one attached hydrogen (secondary N) is 2. The zero-order chi connectivity index (χ0) is 23.9. The number of aromatic nitrogens is 2. The summed E-state index contributed by atoms with van der Waals surface area (Å²) in [5.74, 6) is -0.784. The number of carbonyl (C=O) groups is 1. The first-order valence-corrected chi connectivity index (χ1v) is 10.5. The quantitative estimate of drug-likeness (QED) is 0.380. The molecular weight excluding hydrogens is 417 g/mol. The second-order valence-corrected chi connectivity index (χ2v) is 9.04. The summed E-state index contributed by atoms with van der Waals surface area (Å²) in [4.78, 5) is 12.9. The summed E-state index contributed by atoms with van der Waals surface area (Å²) in [6, 6.07) is 15.9. The van der Waals surface area contributed by atoms with Crippen LogP contribution in [0.2, 0.25) is 0 Å². The van der Waals surface area contributed by atoms with Gasteiger partial charge in [0.2, 0.25) is 0 Å². The Morgan fingerprint density at radius 2 is 1.94 bits per heavy atom. The highest BCUT2D eigenvalue weighted by molar-refractivity contribution is 6.05. The number of benzene rings is 3. The smallest absolute Gasteiger partial charge is 0.258 e. The number of fused-ring (bicyclic) bond motifs is 1. The van der Waals surface area contributed by atoms with Gasteiger partial charge in [-0.3, -0.25) is 9.89 Å². The molecule has 6 nitrogen and oxygen atoms in total. The van der Waals surface area contributed by atoms with Gasteiger partial charge < -0.3 is 11.1 Å². The van der Waals surface area contributed by atoms with Crippen LogP contribution in [0, 0.1) is 24.1 Å². The van der Waals surface area contributed by atoms with Gasteiger partial charge in [-0.2, -0.15) is 10.4 Å². The minimum Gasteiger partial charge on any atom is -0.382 e. The monoisotopic (exact) mass is 441 g/mol. The normalized spacial score (nSPS) is 11.4. The van der Waals surface area contributed by atoms with Gasteiger partial charge in [0.1, 0.15) is 11.9 Å². The van der Waals surface area contributed by atoms with E-state index >= 15 is 0 Å².